The number of carbonyl (C=O) groups is 2. The maximum atomic E-state index is 12.4. The Hall–Kier alpha value is -2.06. The third kappa shape index (κ3) is 3.32. The van der Waals surface area contributed by atoms with E-state index in [1.807, 2.05) is 11.0 Å². The number of hydrogen-bond donors (Lipinski definition) is 1. The number of nitrogens with zero attached hydrogens (tertiary/aromatic N) is 2. The van der Waals surface area contributed by atoms with Crippen molar-refractivity contribution in [3.05, 3.63) is 28.8 Å². The average Bonchev–Trinajstić information content (AvgIpc) is 3.16. The van der Waals surface area contributed by atoms with Gasteiger partial charge < -0.3 is 10.2 Å². The van der Waals surface area contributed by atoms with Gasteiger partial charge in [0.05, 0.1) is 16.5 Å². The molecule has 1 aliphatic carbocycles. The summed E-state index contributed by atoms with van der Waals surface area (Å²) < 4.78 is 0. The molecular weight excluding hydrogens is 314 g/mol. The van der Waals surface area contributed by atoms with E-state index in [0.29, 0.717) is 28.9 Å². The maximum absolute atomic E-state index is 12.4. The van der Waals surface area contributed by atoms with Gasteiger partial charge in [-0.05, 0) is 31.0 Å². The van der Waals surface area contributed by atoms with E-state index in [1.54, 1.807) is 18.2 Å². The van der Waals surface area contributed by atoms with Gasteiger partial charge in [-0.25, -0.2) is 0 Å². The fourth-order valence-electron chi connectivity index (χ4n) is 3.40. The van der Waals surface area contributed by atoms with Crippen LogP contribution >= 0.6 is 11.6 Å². The van der Waals surface area contributed by atoms with Gasteiger partial charge >= 0.3 is 0 Å². The molecule has 6 heteroatoms. The van der Waals surface area contributed by atoms with Crippen LogP contribution in [0.15, 0.2) is 18.2 Å². The zero-order valence-electron chi connectivity index (χ0n) is 12.7. The number of nitriles is 1. The zero-order chi connectivity index (χ0) is 16.4. The first-order valence-electron chi connectivity index (χ1n) is 7.88. The zero-order valence-corrected chi connectivity index (χ0v) is 13.5. The second-order valence-electron chi connectivity index (χ2n) is 6.18. The van der Waals surface area contributed by atoms with Crippen LogP contribution in [0.4, 0.5) is 5.69 Å². The van der Waals surface area contributed by atoms with Crippen LogP contribution in [0.25, 0.3) is 0 Å². The van der Waals surface area contributed by atoms with Gasteiger partial charge in [-0.1, -0.05) is 24.4 Å². The van der Waals surface area contributed by atoms with Gasteiger partial charge in [0.25, 0.3) is 0 Å². The summed E-state index contributed by atoms with van der Waals surface area (Å²) in [6.07, 6.45) is 4.69. The van der Waals surface area contributed by atoms with Crippen molar-refractivity contribution in [1.82, 2.24) is 4.90 Å². The van der Waals surface area contributed by atoms with Crippen molar-refractivity contribution in [2.75, 3.05) is 11.9 Å². The van der Waals surface area contributed by atoms with E-state index in [2.05, 4.69) is 5.32 Å². The van der Waals surface area contributed by atoms with Crippen LogP contribution in [0.1, 0.15) is 37.7 Å². The molecule has 1 aliphatic heterocycles. The maximum Gasteiger partial charge on any atom is 0.229 e. The Labute approximate surface area is 140 Å². The SMILES string of the molecule is N#Cc1ccc(NC(=O)[C@H]2CC(=O)N(C3CCCC3)C2)cc1Cl. The number of hydrogen-bond acceptors (Lipinski definition) is 3. The quantitative estimate of drug-likeness (QED) is 0.925. The highest BCUT2D eigenvalue weighted by Gasteiger charge is 2.38. The molecule has 23 heavy (non-hydrogen) atoms. The molecule has 1 N–H and O–H groups in total. The molecular formula is C17H18ClN3O2. The molecule has 1 heterocycles. The highest BCUT2D eigenvalue weighted by molar-refractivity contribution is 6.32. The van der Waals surface area contributed by atoms with Gasteiger partial charge in [-0.15, -0.1) is 0 Å². The Morgan fingerprint density at radius 3 is 2.74 bits per heavy atom. The van der Waals surface area contributed by atoms with Crippen molar-refractivity contribution in [2.45, 2.75) is 38.1 Å². The fraction of sp³-hybridized carbons (Fsp3) is 0.471. The molecule has 2 aliphatic rings. The Kier molecular flexibility index (Phi) is 4.53. The highest BCUT2D eigenvalue weighted by atomic mass is 35.5. The second-order valence-corrected chi connectivity index (χ2v) is 6.59. The van der Waals surface area contributed by atoms with Crippen molar-refractivity contribution in [1.29, 1.82) is 5.26 Å². The lowest BCUT2D eigenvalue weighted by atomic mass is 10.1. The summed E-state index contributed by atoms with van der Waals surface area (Å²) in [5, 5.41) is 12.0. The molecule has 1 saturated heterocycles. The van der Waals surface area contributed by atoms with Crippen LogP contribution < -0.4 is 5.32 Å². The lowest BCUT2D eigenvalue weighted by molar-refractivity contribution is -0.129. The van der Waals surface area contributed by atoms with Crippen molar-refractivity contribution in [3.8, 4) is 6.07 Å². The molecule has 0 radical (unpaired) electrons. The molecule has 2 amide bonds. The number of likely N-dealkylation sites (tertiary alicyclic amines) is 1. The third-order valence-corrected chi connectivity index (χ3v) is 4.96. The number of amides is 2. The van der Waals surface area contributed by atoms with Crippen LogP contribution in [0.5, 0.6) is 0 Å². The van der Waals surface area contributed by atoms with Crippen molar-refractivity contribution in [2.24, 2.45) is 5.92 Å². The average molecular weight is 332 g/mol. The molecule has 120 valence electrons. The van der Waals surface area contributed by atoms with Crippen LogP contribution in [-0.2, 0) is 9.59 Å². The lowest BCUT2D eigenvalue weighted by Gasteiger charge is -2.23. The Morgan fingerprint density at radius 1 is 1.35 bits per heavy atom. The van der Waals surface area contributed by atoms with E-state index in [1.165, 1.54) is 0 Å². The third-order valence-electron chi connectivity index (χ3n) is 4.65. The van der Waals surface area contributed by atoms with Crippen LogP contribution in [-0.4, -0.2) is 29.3 Å². The summed E-state index contributed by atoms with van der Waals surface area (Å²) in [4.78, 5) is 26.4. The summed E-state index contributed by atoms with van der Waals surface area (Å²) in [5.74, 6) is -0.410. The molecule has 0 aromatic heterocycles. The van der Waals surface area contributed by atoms with E-state index >= 15 is 0 Å². The highest BCUT2D eigenvalue weighted by Crippen LogP contribution is 2.30. The first kappa shape index (κ1) is 15.8. The molecule has 2 fully saturated rings. The predicted octanol–water partition coefficient (Wildman–Crippen LogP) is 2.94. The van der Waals surface area contributed by atoms with E-state index in [4.69, 9.17) is 16.9 Å². The smallest absolute Gasteiger partial charge is 0.229 e. The van der Waals surface area contributed by atoms with E-state index in [0.717, 1.165) is 25.7 Å². The monoisotopic (exact) mass is 331 g/mol. The minimum atomic E-state index is -0.322. The molecule has 0 spiro atoms. The minimum absolute atomic E-state index is 0.0786. The van der Waals surface area contributed by atoms with E-state index in [9.17, 15) is 9.59 Å². The van der Waals surface area contributed by atoms with Crippen LogP contribution in [0, 0.1) is 17.2 Å². The molecule has 1 aromatic carbocycles. The Bertz CT molecular complexity index is 677. The molecule has 1 aromatic rings. The number of nitrogens with one attached hydrogen (secondary N) is 1. The summed E-state index contributed by atoms with van der Waals surface area (Å²) in [7, 11) is 0. The second kappa shape index (κ2) is 6.59. The van der Waals surface area contributed by atoms with Crippen molar-refractivity contribution < 1.29 is 9.59 Å². The van der Waals surface area contributed by atoms with Gasteiger partial charge in [0.1, 0.15) is 6.07 Å². The summed E-state index contributed by atoms with van der Waals surface area (Å²) in [6, 6.07) is 7.07. The molecule has 1 atom stereocenters. The van der Waals surface area contributed by atoms with E-state index < -0.39 is 0 Å². The summed E-state index contributed by atoms with van der Waals surface area (Å²) in [6.45, 7) is 0.499. The van der Waals surface area contributed by atoms with Gasteiger partial charge in [0.15, 0.2) is 0 Å². The Morgan fingerprint density at radius 2 is 2.09 bits per heavy atom. The number of rotatable bonds is 3. The van der Waals surface area contributed by atoms with Crippen molar-refractivity contribution >= 4 is 29.1 Å². The molecule has 1 saturated carbocycles. The van der Waals surface area contributed by atoms with Gasteiger partial charge in [0, 0.05) is 24.7 Å². The molecule has 0 bridgehead atoms. The summed E-state index contributed by atoms with van der Waals surface area (Å²) in [5.41, 5.74) is 0.916. The number of halogens is 1. The number of benzene rings is 1. The first-order valence-corrected chi connectivity index (χ1v) is 8.26. The van der Waals surface area contributed by atoms with Crippen molar-refractivity contribution in [3.63, 3.8) is 0 Å². The summed E-state index contributed by atoms with van der Waals surface area (Å²) >= 11 is 5.97. The minimum Gasteiger partial charge on any atom is -0.339 e. The first-order chi connectivity index (χ1) is 11.1. The van der Waals surface area contributed by atoms with E-state index in [-0.39, 0.29) is 24.2 Å². The largest absolute Gasteiger partial charge is 0.339 e. The lowest BCUT2D eigenvalue weighted by Crippen LogP contribution is -2.35. The fourth-order valence-corrected chi connectivity index (χ4v) is 3.63. The van der Waals surface area contributed by atoms with Gasteiger partial charge in [0.2, 0.25) is 11.8 Å². The topological polar surface area (TPSA) is 73.2 Å². The number of anilines is 1. The molecule has 0 unspecified atom stereocenters. The van der Waals surface area contributed by atoms with Gasteiger partial charge in [-0.3, -0.25) is 9.59 Å². The van der Waals surface area contributed by atoms with Crippen LogP contribution in [0.3, 0.4) is 0 Å². The normalized spacial score (nSPS) is 21.5. The molecule has 3 rings (SSSR count). The van der Waals surface area contributed by atoms with Gasteiger partial charge in [-0.2, -0.15) is 5.26 Å². The number of carbonyl (C=O) groups excluding carboxylic acids is 2. The Balaban J connectivity index is 1.64. The van der Waals surface area contributed by atoms with Crippen LogP contribution in [0.2, 0.25) is 5.02 Å². The molecule has 5 nitrogen and oxygen atoms in total. The predicted molar refractivity (Wildman–Crippen MR) is 86.9 cm³/mol. The standard InChI is InChI=1S/C17H18ClN3O2/c18-15-8-13(6-5-11(15)9-19)20-17(23)12-7-16(22)21(10-12)14-3-1-2-4-14/h5-6,8,12,14H,1-4,7,10H2,(H,20,23)/t12-/m0/s1.